The highest BCUT2D eigenvalue weighted by Crippen LogP contribution is 2.35. The molecular weight excluding hydrogens is 456 g/mol. The third kappa shape index (κ3) is 6.32. The van der Waals surface area contributed by atoms with Gasteiger partial charge in [0.05, 0.1) is 42.4 Å². The molecule has 0 amide bonds. The minimum absolute atomic E-state index is 0.431. The van der Waals surface area contributed by atoms with E-state index in [0.717, 1.165) is 46.6 Å². The second kappa shape index (κ2) is 13.4. The summed E-state index contributed by atoms with van der Waals surface area (Å²) in [5.74, 6) is 0.789. The number of ether oxygens (including phenoxy) is 2. The predicted molar refractivity (Wildman–Crippen MR) is 139 cm³/mol. The average molecular weight is 487 g/mol. The van der Waals surface area contributed by atoms with Crippen molar-refractivity contribution in [1.29, 1.82) is 5.26 Å². The van der Waals surface area contributed by atoms with E-state index in [1.54, 1.807) is 18.1 Å². The average Bonchev–Trinajstić information content (AvgIpc) is 3.25. The molecule has 1 N–H and O–H groups in total. The van der Waals surface area contributed by atoms with E-state index in [1.807, 2.05) is 49.5 Å². The Morgan fingerprint density at radius 1 is 1.19 bits per heavy atom. The summed E-state index contributed by atoms with van der Waals surface area (Å²) >= 11 is 0. The second-order valence-electron chi connectivity index (χ2n) is 7.63. The molecule has 9 nitrogen and oxygen atoms in total. The summed E-state index contributed by atoms with van der Waals surface area (Å²) in [6, 6.07) is 16.5. The molecule has 1 aliphatic rings. The predicted octanol–water partition coefficient (Wildman–Crippen LogP) is 5.50. The molecule has 0 fully saturated rings. The van der Waals surface area contributed by atoms with Gasteiger partial charge in [-0.3, -0.25) is 4.79 Å². The Morgan fingerprint density at radius 2 is 2.00 bits per heavy atom. The fourth-order valence-corrected chi connectivity index (χ4v) is 3.82. The lowest BCUT2D eigenvalue weighted by molar-refractivity contribution is -0.128. The van der Waals surface area contributed by atoms with Crippen LogP contribution in [0.25, 0.3) is 22.2 Å². The number of nitrogens with zero attached hydrogens (tertiary/aromatic N) is 5. The summed E-state index contributed by atoms with van der Waals surface area (Å²) in [4.78, 5) is 9.18. The molecule has 3 aromatic rings. The maximum Gasteiger partial charge on any atom is 0.293 e. The van der Waals surface area contributed by atoms with Gasteiger partial charge in [-0.05, 0) is 43.7 Å². The topological polar surface area (TPSA) is 104 Å². The minimum atomic E-state index is 0.431. The molecule has 1 aromatic heterocycles. The number of aryl methyl sites for hydroxylation is 1. The SMILES string of the molecule is CCOC=O.CCn1c(-c2ccc(NC)cc2)c(C#N)c2ccc(OCCCN3C=C=CN=N3)cc21. The van der Waals surface area contributed by atoms with Crippen LogP contribution in [0.1, 0.15) is 25.8 Å². The first-order valence-electron chi connectivity index (χ1n) is 11.8. The number of nitriles is 1. The van der Waals surface area contributed by atoms with Gasteiger partial charge in [0.1, 0.15) is 11.8 Å². The number of fused-ring (bicyclic) bond motifs is 1. The van der Waals surface area contributed by atoms with Gasteiger partial charge in [0, 0.05) is 43.7 Å². The summed E-state index contributed by atoms with van der Waals surface area (Å²) in [5.41, 5.74) is 7.59. The molecule has 4 rings (SSSR count). The molecule has 186 valence electrons. The van der Waals surface area contributed by atoms with Crippen molar-refractivity contribution in [2.24, 2.45) is 10.3 Å². The van der Waals surface area contributed by atoms with Gasteiger partial charge in [-0.2, -0.15) is 5.26 Å². The van der Waals surface area contributed by atoms with Crippen molar-refractivity contribution in [3.8, 4) is 23.1 Å². The summed E-state index contributed by atoms with van der Waals surface area (Å²) in [6.07, 6.45) is 4.10. The zero-order chi connectivity index (χ0) is 25.8. The molecule has 2 heterocycles. The minimum Gasteiger partial charge on any atom is -0.493 e. The highest BCUT2D eigenvalue weighted by Gasteiger charge is 2.18. The number of benzene rings is 2. The monoisotopic (exact) mass is 486 g/mol. The highest BCUT2D eigenvalue weighted by atomic mass is 16.5. The molecule has 0 saturated heterocycles. The van der Waals surface area contributed by atoms with Crippen molar-refractivity contribution >= 4 is 23.1 Å². The smallest absolute Gasteiger partial charge is 0.293 e. The molecule has 0 saturated carbocycles. The normalized spacial score (nSPS) is 11.6. The number of rotatable bonds is 10. The lowest BCUT2D eigenvalue weighted by Gasteiger charge is -2.13. The quantitative estimate of drug-likeness (QED) is 0.231. The standard InChI is InChI=1S/C24H24N6O.C3H6O2/c1-3-30-23-16-20(31-15-5-14-29-13-4-12-27-28-29)10-11-21(23)22(17-25)24(30)18-6-8-19(26-2)9-7-18;1-2-5-3-4/h6-13,16,26H,3,5,14-15H2,1-2H3;3H,2H2,1H3. The summed E-state index contributed by atoms with van der Waals surface area (Å²) in [7, 11) is 1.89. The number of nitrogens with one attached hydrogen (secondary N) is 1. The molecule has 0 aliphatic carbocycles. The molecular formula is C27H30N6O3. The van der Waals surface area contributed by atoms with Crippen molar-refractivity contribution < 1.29 is 14.3 Å². The van der Waals surface area contributed by atoms with Crippen LogP contribution in [0.4, 0.5) is 5.69 Å². The molecule has 0 radical (unpaired) electrons. The number of anilines is 1. The molecule has 0 unspecified atom stereocenters. The molecule has 1 aliphatic heterocycles. The van der Waals surface area contributed by atoms with Crippen LogP contribution in [0.3, 0.4) is 0 Å². The van der Waals surface area contributed by atoms with Crippen LogP contribution < -0.4 is 10.1 Å². The lowest BCUT2D eigenvalue weighted by atomic mass is 10.1. The van der Waals surface area contributed by atoms with E-state index in [9.17, 15) is 10.1 Å². The Kier molecular flexibility index (Phi) is 9.69. The fraction of sp³-hybridized carbons (Fsp3) is 0.296. The van der Waals surface area contributed by atoms with Crippen molar-refractivity contribution in [3.05, 3.63) is 66.2 Å². The Hall–Kier alpha value is -4.54. The van der Waals surface area contributed by atoms with Crippen LogP contribution in [0.2, 0.25) is 0 Å². The van der Waals surface area contributed by atoms with E-state index in [1.165, 1.54) is 6.20 Å². The van der Waals surface area contributed by atoms with Crippen LogP contribution in [0.5, 0.6) is 5.75 Å². The fourth-order valence-electron chi connectivity index (χ4n) is 3.82. The van der Waals surface area contributed by atoms with Crippen molar-refractivity contribution in [1.82, 2.24) is 9.58 Å². The number of carbonyl (C=O) groups excluding carboxylic acids is 1. The van der Waals surface area contributed by atoms with Gasteiger partial charge < -0.3 is 19.4 Å². The Bertz CT molecular complexity index is 1300. The van der Waals surface area contributed by atoms with Gasteiger partial charge in [0.25, 0.3) is 6.47 Å². The molecule has 36 heavy (non-hydrogen) atoms. The van der Waals surface area contributed by atoms with Crippen LogP contribution in [0.15, 0.2) is 70.9 Å². The van der Waals surface area contributed by atoms with Crippen molar-refractivity contribution in [2.45, 2.75) is 26.8 Å². The van der Waals surface area contributed by atoms with Crippen LogP contribution in [0, 0.1) is 11.3 Å². The Balaban J connectivity index is 0.000000658. The summed E-state index contributed by atoms with van der Waals surface area (Å²) in [6.45, 7) is 6.78. The van der Waals surface area contributed by atoms with Crippen LogP contribution in [-0.4, -0.2) is 42.9 Å². The van der Waals surface area contributed by atoms with Crippen LogP contribution in [-0.2, 0) is 16.1 Å². The van der Waals surface area contributed by atoms with Gasteiger partial charge in [0.15, 0.2) is 0 Å². The lowest BCUT2D eigenvalue weighted by Crippen LogP contribution is -2.14. The third-order valence-corrected chi connectivity index (χ3v) is 5.47. The van der Waals surface area contributed by atoms with Gasteiger partial charge in [-0.15, -0.1) is 5.11 Å². The molecule has 9 heteroatoms. The van der Waals surface area contributed by atoms with Crippen LogP contribution >= 0.6 is 0 Å². The first-order chi connectivity index (χ1) is 17.7. The molecule has 0 atom stereocenters. The number of carbonyl (C=O) groups is 1. The van der Waals surface area contributed by atoms with E-state index in [-0.39, 0.29) is 0 Å². The summed E-state index contributed by atoms with van der Waals surface area (Å²) < 4.78 is 12.3. The number of hydrogen-bond acceptors (Lipinski definition) is 8. The van der Waals surface area contributed by atoms with E-state index in [0.29, 0.717) is 31.8 Å². The van der Waals surface area contributed by atoms with Gasteiger partial charge >= 0.3 is 0 Å². The zero-order valence-corrected chi connectivity index (χ0v) is 20.8. The number of hydrogen-bond donors (Lipinski definition) is 1. The van der Waals surface area contributed by atoms with E-state index in [4.69, 9.17) is 4.74 Å². The molecule has 0 bridgehead atoms. The summed E-state index contributed by atoms with van der Waals surface area (Å²) in [5, 5.41) is 23.5. The maximum absolute atomic E-state index is 9.92. The first kappa shape index (κ1) is 26.1. The molecule has 2 aromatic carbocycles. The second-order valence-corrected chi connectivity index (χ2v) is 7.63. The third-order valence-electron chi connectivity index (χ3n) is 5.47. The number of aromatic nitrogens is 1. The highest BCUT2D eigenvalue weighted by molar-refractivity contribution is 5.95. The van der Waals surface area contributed by atoms with Gasteiger partial charge in [-0.25, -0.2) is 5.01 Å². The largest absolute Gasteiger partial charge is 0.493 e. The van der Waals surface area contributed by atoms with Crippen molar-refractivity contribution in [2.75, 3.05) is 32.1 Å². The van der Waals surface area contributed by atoms with Crippen molar-refractivity contribution in [3.63, 3.8) is 0 Å². The zero-order valence-electron chi connectivity index (χ0n) is 20.8. The van der Waals surface area contributed by atoms with E-state index < -0.39 is 0 Å². The van der Waals surface area contributed by atoms with E-state index in [2.05, 4.69) is 43.7 Å². The van der Waals surface area contributed by atoms with Gasteiger partial charge in [0.2, 0.25) is 0 Å². The van der Waals surface area contributed by atoms with E-state index >= 15 is 0 Å². The maximum atomic E-state index is 9.92. The van der Waals surface area contributed by atoms with Gasteiger partial charge in [-0.1, -0.05) is 23.1 Å². The first-order valence-corrected chi connectivity index (χ1v) is 11.8. The Labute approximate surface area is 210 Å². The Morgan fingerprint density at radius 3 is 2.58 bits per heavy atom. The molecule has 0 spiro atoms.